The molecule has 0 aliphatic carbocycles. The molecule has 1 aliphatic rings. The molecule has 1 aromatic rings. The van der Waals surface area contributed by atoms with Crippen LogP contribution in [0.1, 0.15) is 31.5 Å². The highest BCUT2D eigenvalue weighted by Crippen LogP contribution is 2.19. The van der Waals surface area contributed by atoms with Crippen LogP contribution in [0.5, 0.6) is 0 Å². The maximum absolute atomic E-state index is 4.22. The summed E-state index contributed by atoms with van der Waals surface area (Å²) in [6.45, 7) is 1.11. The van der Waals surface area contributed by atoms with E-state index in [2.05, 4.69) is 21.0 Å². The standard InChI is InChI=1S/C9H15N3S/c1-13-9-11-10-8-6-4-2-3-5-7-12(8)9/h2-7H2,1H3. The summed E-state index contributed by atoms with van der Waals surface area (Å²) in [5.74, 6) is 1.18. The van der Waals surface area contributed by atoms with Crippen LogP contribution in [-0.2, 0) is 13.0 Å². The molecule has 3 nitrogen and oxygen atoms in total. The van der Waals surface area contributed by atoms with Gasteiger partial charge in [0.05, 0.1) is 0 Å². The van der Waals surface area contributed by atoms with Gasteiger partial charge in [-0.15, -0.1) is 10.2 Å². The lowest BCUT2D eigenvalue weighted by atomic mass is 10.1. The van der Waals surface area contributed by atoms with E-state index in [9.17, 15) is 0 Å². The van der Waals surface area contributed by atoms with Crippen molar-refractivity contribution in [3.8, 4) is 0 Å². The minimum Gasteiger partial charge on any atom is -0.306 e. The summed E-state index contributed by atoms with van der Waals surface area (Å²) in [7, 11) is 0. The first-order valence-electron chi connectivity index (χ1n) is 4.88. The molecule has 0 spiro atoms. The van der Waals surface area contributed by atoms with E-state index in [1.54, 1.807) is 11.8 Å². The second-order valence-corrected chi connectivity index (χ2v) is 4.19. The Morgan fingerprint density at radius 2 is 2.00 bits per heavy atom. The monoisotopic (exact) mass is 197 g/mol. The highest BCUT2D eigenvalue weighted by Gasteiger charge is 2.12. The van der Waals surface area contributed by atoms with E-state index in [0.717, 1.165) is 18.1 Å². The summed E-state index contributed by atoms with van der Waals surface area (Å²) in [5.41, 5.74) is 0. The fraction of sp³-hybridized carbons (Fsp3) is 0.778. The van der Waals surface area contributed by atoms with Crippen LogP contribution in [0.2, 0.25) is 0 Å². The molecule has 2 heterocycles. The quantitative estimate of drug-likeness (QED) is 0.646. The summed E-state index contributed by atoms with van der Waals surface area (Å²) in [4.78, 5) is 0. The third kappa shape index (κ3) is 1.88. The van der Waals surface area contributed by atoms with Gasteiger partial charge in [0.25, 0.3) is 0 Å². The Labute approximate surface area is 82.9 Å². The van der Waals surface area contributed by atoms with Crippen LogP contribution < -0.4 is 0 Å². The molecule has 1 aliphatic heterocycles. The van der Waals surface area contributed by atoms with E-state index in [0.29, 0.717) is 0 Å². The number of aryl methyl sites for hydroxylation is 1. The van der Waals surface area contributed by atoms with Crippen LogP contribution in [0.25, 0.3) is 0 Å². The van der Waals surface area contributed by atoms with Crippen molar-refractivity contribution in [3.05, 3.63) is 5.82 Å². The van der Waals surface area contributed by atoms with Crippen molar-refractivity contribution in [2.45, 2.75) is 43.8 Å². The van der Waals surface area contributed by atoms with Gasteiger partial charge in [0, 0.05) is 13.0 Å². The molecule has 0 bridgehead atoms. The van der Waals surface area contributed by atoms with E-state index in [4.69, 9.17) is 0 Å². The minimum atomic E-state index is 1.08. The van der Waals surface area contributed by atoms with E-state index in [-0.39, 0.29) is 0 Å². The van der Waals surface area contributed by atoms with Crippen molar-refractivity contribution in [3.63, 3.8) is 0 Å². The molecule has 0 N–H and O–H groups in total. The molecule has 0 fully saturated rings. The van der Waals surface area contributed by atoms with Crippen molar-refractivity contribution < 1.29 is 0 Å². The van der Waals surface area contributed by atoms with E-state index >= 15 is 0 Å². The zero-order chi connectivity index (χ0) is 9.10. The SMILES string of the molecule is CSc1nnc2n1CCCCCC2. The summed E-state index contributed by atoms with van der Waals surface area (Å²) >= 11 is 1.70. The highest BCUT2D eigenvalue weighted by molar-refractivity contribution is 7.98. The molecule has 0 radical (unpaired) electrons. The number of hydrogen-bond donors (Lipinski definition) is 0. The zero-order valence-electron chi connectivity index (χ0n) is 7.99. The van der Waals surface area contributed by atoms with Crippen molar-refractivity contribution in [2.24, 2.45) is 0 Å². The van der Waals surface area contributed by atoms with Crippen LogP contribution in [0.3, 0.4) is 0 Å². The van der Waals surface area contributed by atoms with Gasteiger partial charge in [-0.2, -0.15) is 0 Å². The first-order valence-corrected chi connectivity index (χ1v) is 6.10. The molecular formula is C9H15N3S. The lowest BCUT2D eigenvalue weighted by Crippen LogP contribution is -2.08. The Hall–Kier alpha value is -0.510. The van der Waals surface area contributed by atoms with Crippen molar-refractivity contribution in [1.29, 1.82) is 0 Å². The Morgan fingerprint density at radius 1 is 1.15 bits per heavy atom. The van der Waals surface area contributed by atoms with Crippen LogP contribution in [0.4, 0.5) is 0 Å². The Balaban J connectivity index is 2.25. The molecule has 72 valence electrons. The maximum Gasteiger partial charge on any atom is 0.190 e. The van der Waals surface area contributed by atoms with Gasteiger partial charge in [-0.05, 0) is 19.1 Å². The molecule has 0 aromatic carbocycles. The van der Waals surface area contributed by atoms with Gasteiger partial charge in [0.15, 0.2) is 5.16 Å². The summed E-state index contributed by atoms with van der Waals surface area (Å²) in [6.07, 6.45) is 8.42. The van der Waals surface area contributed by atoms with Crippen molar-refractivity contribution >= 4 is 11.8 Å². The predicted octanol–water partition coefficient (Wildman–Crippen LogP) is 2.12. The summed E-state index contributed by atoms with van der Waals surface area (Å²) in [6, 6.07) is 0. The molecule has 0 saturated carbocycles. The van der Waals surface area contributed by atoms with Gasteiger partial charge in [-0.25, -0.2) is 0 Å². The summed E-state index contributed by atoms with van der Waals surface area (Å²) in [5, 5.41) is 9.48. The molecule has 13 heavy (non-hydrogen) atoms. The highest BCUT2D eigenvalue weighted by atomic mass is 32.2. The number of hydrogen-bond acceptors (Lipinski definition) is 3. The second kappa shape index (κ2) is 4.13. The van der Waals surface area contributed by atoms with E-state index in [1.807, 2.05) is 0 Å². The molecule has 0 atom stereocenters. The normalized spacial score (nSPS) is 17.6. The van der Waals surface area contributed by atoms with Gasteiger partial charge in [-0.1, -0.05) is 24.6 Å². The minimum absolute atomic E-state index is 1.08. The Morgan fingerprint density at radius 3 is 2.85 bits per heavy atom. The van der Waals surface area contributed by atoms with Crippen molar-refractivity contribution in [2.75, 3.05) is 6.26 Å². The fourth-order valence-electron chi connectivity index (χ4n) is 1.79. The van der Waals surface area contributed by atoms with Gasteiger partial charge >= 0.3 is 0 Å². The van der Waals surface area contributed by atoms with Crippen molar-refractivity contribution in [1.82, 2.24) is 14.8 Å². The number of rotatable bonds is 1. The Kier molecular flexibility index (Phi) is 2.88. The molecule has 1 aromatic heterocycles. The van der Waals surface area contributed by atoms with Gasteiger partial charge < -0.3 is 4.57 Å². The summed E-state index contributed by atoms with van der Waals surface area (Å²) < 4.78 is 2.28. The molecule has 2 rings (SSSR count). The molecular weight excluding hydrogens is 182 g/mol. The van der Waals surface area contributed by atoms with E-state index in [1.165, 1.54) is 31.5 Å². The number of aromatic nitrogens is 3. The van der Waals surface area contributed by atoms with Gasteiger partial charge in [0.2, 0.25) is 0 Å². The zero-order valence-corrected chi connectivity index (χ0v) is 8.81. The smallest absolute Gasteiger partial charge is 0.190 e. The lowest BCUT2D eigenvalue weighted by Gasteiger charge is -2.11. The van der Waals surface area contributed by atoms with Crippen LogP contribution in [0.15, 0.2) is 5.16 Å². The molecule has 4 heteroatoms. The number of fused-ring (bicyclic) bond motifs is 1. The van der Waals surface area contributed by atoms with Crippen LogP contribution in [-0.4, -0.2) is 21.0 Å². The average Bonchev–Trinajstić information content (AvgIpc) is 2.46. The average molecular weight is 197 g/mol. The number of thioether (sulfide) groups is 1. The second-order valence-electron chi connectivity index (χ2n) is 3.42. The van der Waals surface area contributed by atoms with Gasteiger partial charge in [0.1, 0.15) is 5.82 Å². The molecule has 0 saturated heterocycles. The van der Waals surface area contributed by atoms with E-state index < -0.39 is 0 Å². The molecule has 0 amide bonds. The third-order valence-corrected chi connectivity index (χ3v) is 3.18. The lowest BCUT2D eigenvalue weighted by molar-refractivity contribution is 0.495. The predicted molar refractivity (Wildman–Crippen MR) is 54.0 cm³/mol. The first kappa shape index (κ1) is 9.06. The third-order valence-electron chi connectivity index (χ3n) is 2.51. The largest absolute Gasteiger partial charge is 0.306 e. The first-order chi connectivity index (χ1) is 6.42. The van der Waals surface area contributed by atoms with Crippen LogP contribution in [0, 0.1) is 0 Å². The molecule has 0 unspecified atom stereocenters. The maximum atomic E-state index is 4.22. The fourth-order valence-corrected chi connectivity index (χ4v) is 2.33. The topological polar surface area (TPSA) is 30.7 Å². The van der Waals surface area contributed by atoms with Crippen LogP contribution >= 0.6 is 11.8 Å². The van der Waals surface area contributed by atoms with Gasteiger partial charge in [-0.3, -0.25) is 0 Å². The Bertz CT molecular complexity index is 282. The number of nitrogens with zero attached hydrogens (tertiary/aromatic N) is 3.